The molecule has 0 aromatic heterocycles. The largest absolute Gasteiger partial charge is 0.478 e. The van der Waals surface area contributed by atoms with E-state index in [-0.39, 0.29) is 15.7 Å². The molecule has 1 fully saturated rings. The van der Waals surface area contributed by atoms with Crippen LogP contribution < -0.4 is 0 Å². The Morgan fingerprint density at radius 1 is 1.32 bits per heavy atom. The lowest BCUT2D eigenvalue weighted by Gasteiger charge is -2.13. The van der Waals surface area contributed by atoms with Crippen molar-refractivity contribution in [2.24, 2.45) is 0 Å². The first kappa shape index (κ1) is 14.1. The van der Waals surface area contributed by atoms with Gasteiger partial charge in [-0.25, -0.2) is 13.2 Å². The third kappa shape index (κ3) is 2.66. The predicted molar refractivity (Wildman–Crippen MR) is 72.2 cm³/mol. The van der Waals surface area contributed by atoms with Gasteiger partial charge >= 0.3 is 5.97 Å². The highest BCUT2D eigenvalue weighted by molar-refractivity contribution is 7.92. The monoisotopic (exact) mass is 282 g/mol. The lowest BCUT2D eigenvalue weighted by molar-refractivity contribution is 0.0695. The second-order valence-corrected chi connectivity index (χ2v) is 7.16. The van der Waals surface area contributed by atoms with Crippen molar-refractivity contribution in [3.05, 3.63) is 29.3 Å². The molecular weight excluding hydrogens is 264 g/mol. The summed E-state index contributed by atoms with van der Waals surface area (Å²) in [7, 11) is -3.38. The van der Waals surface area contributed by atoms with Crippen molar-refractivity contribution in [3.63, 3.8) is 0 Å². The Morgan fingerprint density at radius 2 is 1.95 bits per heavy atom. The van der Waals surface area contributed by atoms with E-state index in [1.54, 1.807) is 12.1 Å². The number of hydrogen-bond donors (Lipinski definition) is 1. The third-order valence-electron chi connectivity index (χ3n) is 3.76. The molecule has 0 bridgehead atoms. The third-order valence-corrected chi connectivity index (χ3v) is 6.02. The van der Waals surface area contributed by atoms with Crippen molar-refractivity contribution >= 4 is 15.8 Å². The summed E-state index contributed by atoms with van der Waals surface area (Å²) in [6, 6.07) is 4.47. The standard InChI is InChI=1S/C14H18O4S/c1-2-10-7-8-12(9-13(10)14(15)16)19(17,18)11-5-3-4-6-11/h7-9,11H,2-6H2,1H3,(H,15,16). The molecule has 0 atom stereocenters. The molecule has 0 heterocycles. The fourth-order valence-electron chi connectivity index (χ4n) is 2.63. The summed E-state index contributed by atoms with van der Waals surface area (Å²) in [5.74, 6) is -1.07. The van der Waals surface area contributed by atoms with Crippen molar-refractivity contribution in [3.8, 4) is 0 Å². The van der Waals surface area contributed by atoms with E-state index in [9.17, 15) is 13.2 Å². The zero-order chi connectivity index (χ0) is 14.0. The molecule has 1 N–H and O–H groups in total. The quantitative estimate of drug-likeness (QED) is 0.921. The van der Waals surface area contributed by atoms with Crippen LogP contribution in [0.2, 0.25) is 0 Å². The summed E-state index contributed by atoms with van der Waals surface area (Å²) in [6.07, 6.45) is 3.80. The van der Waals surface area contributed by atoms with Crippen LogP contribution in [0.4, 0.5) is 0 Å². The highest BCUT2D eigenvalue weighted by Crippen LogP contribution is 2.30. The summed E-state index contributed by atoms with van der Waals surface area (Å²) in [6.45, 7) is 1.85. The fourth-order valence-corrected chi connectivity index (χ4v) is 4.51. The van der Waals surface area contributed by atoms with Crippen molar-refractivity contribution in [2.45, 2.75) is 49.2 Å². The number of aryl methyl sites for hydroxylation is 1. The summed E-state index contributed by atoms with van der Waals surface area (Å²) in [5.41, 5.74) is 0.763. The molecule has 0 saturated heterocycles. The van der Waals surface area contributed by atoms with Gasteiger partial charge in [0.2, 0.25) is 0 Å². The number of rotatable bonds is 4. The molecule has 0 radical (unpaired) electrons. The Hall–Kier alpha value is -1.36. The molecule has 0 aliphatic heterocycles. The number of carboxylic acids is 1. The van der Waals surface area contributed by atoms with Crippen LogP contribution in [0.1, 0.15) is 48.5 Å². The van der Waals surface area contributed by atoms with Gasteiger partial charge < -0.3 is 5.11 Å². The molecular formula is C14H18O4S. The van der Waals surface area contributed by atoms with Crippen LogP contribution in [-0.2, 0) is 16.3 Å². The molecule has 0 unspecified atom stereocenters. The number of carboxylic acid groups (broad SMARTS) is 1. The number of hydrogen-bond acceptors (Lipinski definition) is 3. The lowest BCUT2D eigenvalue weighted by Crippen LogP contribution is -2.18. The van der Waals surface area contributed by atoms with E-state index in [0.717, 1.165) is 12.8 Å². The van der Waals surface area contributed by atoms with Crippen LogP contribution in [0.3, 0.4) is 0 Å². The highest BCUT2D eigenvalue weighted by atomic mass is 32.2. The van der Waals surface area contributed by atoms with Crippen molar-refractivity contribution in [1.82, 2.24) is 0 Å². The Kier molecular flexibility index (Phi) is 3.94. The molecule has 104 valence electrons. The van der Waals surface area contributed by atoms with Gasteiger partial charge in [-0.3, -0.25) is 0 Å². The number of benzene rings is 1. The van der Waals surface area contributed by atoms with Gasteiger partial charge in [0.15, 0.2) is 9.84 Å². The molecule has 4 nitrogen and oxygen atoms in total. The first-order valence-corrected chi connectivity index (χ1v) is 8.11. The normalized spacial score (nSPS) is 16.7. The molecule has 2 rings (SSSR count). The Balaban J connectivity index is 2.45. The summed E-state index contributed by atoms with van der Waals surface area (Å²) >= 11 is 0. The predicted octanol–water partition coefficient (Wildman–Crippen LogP) is 2.66. The second kappa shape index (κ2) is 5.33. The average molecular weight is 282 g/mol. The lowest BCUT2D eigenvalue weighted by atomic mass is 10.1. The molecule has 1 aromatic carbocycles. The van der Waals surface area contributed by atoms with Crippen LogP contribution in [0.25, 0.3) is 0 Å². The van der Waals surface area contributed by atoms with Gasteiger partial charge in [-0.05, 0) is 37.0 Å². The van der Waals surface area contributed by atoms with Gasteiger partial charge in [0.05, 0.1) is 15.7 Å². The first-order valence-electron chi connectivity index (χ1n) is 6.57. The molecule has 1 aromatic rings. The second-order valence-electron chi connectivity index (χ2n) is 4.93. The van der Waals surface area contributed by atoms with Gasteiger partial charge in [-0.2, -0.15) is 0 Å². The molecule has 0 amide bonds. The zero-order valence-corrected chi connectivity index (χ0v) is 11.7. The van der Waals surface area contributed by atoms with Gasteiger partial charge in [0.1, 0.15) is 0 Å². The van der Waals surface area contributed by atoms with Crippen molar-refractivity contribution < 1.29 is 18.3 Å². The van der Waals surface area contributed by atoms with Crippen LogP contribution in [0.5, 0.6) is 0 Å². The topological polar surface area (TPSA) is 71.4 Å². The Bertz CT molecular complexity index is 583. The van der Waals surface area contributed by atoms with Gasteiger partial charge in [-0.1, -0.05) is 25.8 Å². The maximum absolute atomic E-state index is 12.4. The minimum absolute atomic E-state index is 0.0987. The summed E-state index contributed by atoms with van der Waals surface area (Å²) in [4.78, 5) is 11.3. The smallest absolute Gasteiger partial charge is 0.336 e. The SMILES string of the molecule is CCc1ccc(S(=O)(=O)C2CCCC2)cc1C(=O)O. The van der Waals surface area contributed by atoms with E-state index < -0.39 is 15.8 Å². The number of carbonyl (C=O) groups is 1. The fraction of sp³-hybridized carbons (Fsp3) is 0.500. The van der Waals surface area contributed by atoms with E-state index in [0.29, 0.717) is 24.8 Å². The zero-order valence-electron chi connectivity index (χ0n) is 10.9. The average Bonchev–Trinajstić information content (AvgIpc) is 2.92. The first-order chi connectivity index (χ1) is 8.96. The molecule has 19 heavy (non-hydrogen) atoms. The summed E-state index contributed by atoms with van der Waals surface area (Å²) < 4.78 is 24.8. The minimum atomic E-state index is -3.38. The number of sulfone groups is 1. The van der Waals surface area contributed by atoms with Gasteiger partial charge in [0.25, 0.3) is 0 Å². The van der Waals surface area contributed by atoms with Gasteiger partial charge in [-0.15, -0.1) is 0 Å². The Labute approximate surface area is 113 Å². The highest BCUT2D eigenvalue weighted by Gasteiger charge is 2.30. The van der Waals surface area contributed by atoms with E-state index in [1.807, 2.05) is 6.92 Å². The van der Waals surface area contributed by atoms with Gasteiger partial charge in [0, 0.05) is 0 Å². The molecule has 0 spiro atoms. The van der Waals surface area contributed by atoms with E-state index in [1.165, 1.54) is 6.07 Å². The van der Waals surface area contributed by atoms with E-state index in [2.05, 4.69) is 0 Å². The van der Waals surface area contributed by atoms with Crippen LogP contribution in [-0.4, -0.2) is 24.7 Å². The molecule has 1 aliphatic rings. The summed E-state index contributed by atoms with van der Waals surface area (Å²) in [5, 5.41) is 8.81. The van der Waals surface area contributed by atoms with Crippen molar-refractivity contribution in [2.75, 3.05) is 0 Å². The number of aromatic carboxylic acids is 1. The molecule has 1 saturated carbocycles. The van der Waals surface area contributed by atoms with Crippen LogP contribution in [0.15, 0.2) is 23.1 Å². The minimum Gasteiger partial charge on any atom is -0.478 e. The van der Waals surface area contributed by atoms with Crippen LogP contribution >= 0.6 is 0 Å². The van der Waals surface area contributed by atoms with E-state index in [4.69, 9.17) is 5.11 Å². The molecule has 1 aliphatic carbocycles. The maximum Gasteiger partial charge on any atom is 0.336 e. The van der Waals surface area contributed by atoms with Crippen LogP contribution in [0, 0.1) is 0 Å². The Morgan fingerprint density at radius 3 is 2.47 bits per heavy atom. The maximum atomic E-state index is 12.4. The van der Waals surface area contributed by atoms with E-state index >= 15 is 0 Å². The van der Waals surface area contributed by atoms with Crippen molar-refractivity contribution in [1.29, 1.82) is 0 Å². The molecule has 5 heteroatoms.